The first-order chi connectivity index (χ1) is 12.6. The molecule has 0 radical (unpaired) electrons. The molecule has 134 valence electrons. The zero-order valence-electron chi connectivity index (χ0n) is 14.6. The van der Waals surface area contributed by atoms with E-state index in [9.17, 15) is 4.79 Å². The number of rotatable bonds is 7. The van der Waals surface area contributed by atoms with E-state index in [1.165, 1.54) is 0 Å². The molecule has 3 aromatic rings. The smallest absolute Gasteiger partial charge is 0.244 e. The topological polar surface area (TPSA) is 51.2 Å². The Bertz CT molecular complexity index is 868. The van der Waals surface area contributed by atoms with Crippen LogP contribution in [0.25, 0.3) is 6.08 Å². The number of thiophene rings is 1. The van der Waals surface area contributed by atoms with Crippen LogP contribution in [0.5, 0.6) is 5.75 Å². The summed E-state index contributed by atoms with van der Waals surface area (Å²) in [6.07, 6.45) is 3.35. The number of amides is 1. The molecule has 6 heteroatoms. The summed E-state index contributed by atoms with van der Waals surface area (Å²) in [5.74, 6) is 0.675. The van der Waals surface area contributed by atoms with E-state index in [1.807, 2.05) is 61.0 Å². The van der Waals surface area contributed by atoms with E-state index in [4.69, 9.17) is 4.74 Å². The van der Waals surface area contributed by atoms with Crippen molar-refractivity contribution in [3.8, 4) is 5.75 Å². The molecule has 1 N–H and O–H groups in total. The second-order valence-electron chi connectivity index (χ2n) is 5.79. The second-order valence-corrected chi connectivity index (χ2v) is 7.84. The van der Waals surface area contributed by atoms with Crippen molar-refractivity contribution in [2.45, 2.75) is 26.5 Å². The van der Waals surface area contributed by atoms with E-state index in [0.29, 0.717) is 6.61 Å². The van der Waals surface area contributed by atoms with Crippen molar-refractivity contribution in [2.75, 3.05) is 0 Å². The molecule has 0 aliphatic carbocycles. The zero-order valence-corrected chi connectivity index (χ0v) is 16.3. The number of carbonyl (C=O) groups is 1. The van der Waals surface area contributed by atoms with Crippen LogP contribution in [0.1, 0.15) is 34.1 Å². The van der Waals surface area contributed by atoms with E-state index in [-0.39, 0.29) is 11.9 Å². The number of aromatic nitrogens is 1. The molecule has 2 heterocycles. The van der Waals surface area contributed by atoms with Crippen molar-refractivity contribution in [1.29, 1.82) is 0 Å². The number of aryl methyl sites for hydroxylation is 1. The summed E-state index contributed by atoms with van der Waals surface area (Å²) in [5.41, 5.74) is 1.88. The lowest BCUT2D eigenvalue weighted by molar-refractivity contribution is -0.117. The number of ether oxygens (including phenoxy) is 1. The van der Waals surface area contributed by atoms with E-state index >= 15 is 0 Å². The minimum Gasteiger partial charge on any atom is -0.487 e. The third kappa shape index (κ3) is 5.28. The van der Waals surface area contributed by atoms with Gasteiger partial charge in [-0.05, 0) is 49.1 Å². The Balaban J connectivity index is 1.50. The Kier molecular flexibility index (Phi) is 6.20. The largest absolute Gasteiger partial charge is 0.487 e. The predicted octanol–water partition coefficient (Wildman–Crippen LogP) is 4.98. The standard InChI is InChI=1S/C20H20N2O2S2/c1-14(19-4-3-11-25-19)21-20(23)10-7-16-5-8-18(9-6-16)24-12-17-13-26-15(2)22-17/h3-11,13-14H,12H2,1-2H3,(H,21,23)/b10-7+. The zero-order chi connectivity index (χ0) is 18.4. The van der Waals surface area contributed by atoms with Crippen LogP contribution in [-0.4, -0.2) is 10.9 Å². The summed E-state index contributed by atoms with van der Waals surface area (Å²) >= 11 is 3.25. The van der Waals surface area contributed by atoms with Gasteiger partial charge in [0.1, 0.15) is 12.4 Å². The molecule has 0 saturated heterocycles. The van der Waals surface area contributed by atoms with Gasteiger partial charge >= 0.3 is 0 Å². The summed E-state index contributed by atoms with van der Waals surface area (Å²) in [4.78, 5) is 17.5. The molecule has 1 aromatic carbocycles. The van der Waals surface area contributed by atoms with E-state index in [0.717, 1.165) is 26.9 Å². The first-order valence-corrected chi connectivity index (χ1v) is 10.0. The van der Waals surface area contributed by atoms with Crippen LogP contribution < -0.4 is 10.1 Å². The molecular formula is C20H20N2O2S2. The molecule has 2 aromatic heterocycles. The van der Waals surface area contributed by atoms with Crippen molar-refractivity contribution in [2.24, 2.45) is 0 Å². The van der Waals surface area contributed by atoms with Crippen molar-refractivity contribution >= 4 is 34.7 Å². The van der Waals surface area contributed by atoms with Gasteiger partial charge in [-0.15, -0.1) is 22.7 Å². The first kappa shape index (κ1) is 18.4. The fraction of sp³-hybridized carbons (Fsp3) is 0.200. The molecule has 1 atom stereocenters. The maximum Gasteiger partial charge on any atom is 0.244 e. The third-order valence-electron chi connectivity index (χ3n) is 3.69. The highest BCUT2D eigenvalue weighted by Gasteiger charge is 2.07. The van der Waals surface area contributed by atoms with E-state index < -0.39 is 0 Å². The molecule has 0 aliphatic rings. The van der Waals surface area contributed by atoms with Crippen molar-refractivity contribution in [3.63, 3.8) is 0 Å². The fourth-order valence-corrected chi connectivity index (χ4v) is 3.68. The maximum absolute atomic E-state index is 12.0. The van der Waals surface area contributed by atoms with Gasteiger partial charge in [-0.25, -0.2) is 4.98 Å². The Morgan fingerprint density at radius 1 is 1.27 bits per heavy atom. The number of hydrogen-bond donors (Lipinski definition) is 1. The van der Waals surface area contributed by atoms with Gasteiger partial charge in [0.25, 0.3) is 0 Å². The highest BCUT2D eigenvalue weighted by molar-refractivity contribution is 7.10. The average molecular weight is 385 g/mol. The Hall–Kier alpha value is -2.44. The Morgan fingerprint density at radius 3 is 2.73 bits per heavy atom. The minimum absolute atomic E-state index is 0.0114. The van der Waals surface area contributed by atoms with Gasteiger partial charge in [0.2, 0.25) is 5.91 Å². The van der Waals surface area contributed by atoms with Crippen molar-refractivity contribution < 1.29 is 9.53 Å². The van der Waals surface area contributed by atoms with Crippen LogP contribution >= 0.6 is 22.7 Å². The summed E-state index contributed by atoms with van der Waals surface area (Å²) in [6, 6.07) is 11.7. The Morgan fingerprint density at radius 2 is 2.08 bits per heavy atom. The average Bonchev–Trinajstić information content (AvgIpc) is 3.31. The first-order valence-electron chi connectivity index (χ1n) is 8.26. The summed E-state index contributed by atoms with van der Waals surface area (Å²) in [6.45, 7) is 4.42. The quantitative estimate of drug-likeness (QED) is 0.584. The van der Waals surface area contributed by atoms with Crippen LogP contribution in [0.15, 0.2) is 53.2 Å². The van der Waals surface area contributed by atoms with Crippen LogP contribution in [-0.2, 0) is 11.4 Å². The van der Waals surface area contributed by atoms with Gasteiger partial charge < -0.3 is 10.1 Å². The highest BCUT2D eigenvalue weighted by atomic mass is 32.1. The van der Waals surface area contributed by atoms with Gasteiger partial charge in [0.05, 0.1) is 16.7 Å². The molecule has 26 heavy (non-hydrogen) atoms. The van der Waals surface area contributed by atoms with Crippen LogP contribution in [0, 0.1) is 6.92 Å². The highest BCUT2D eigenvalue weighted by Crippen LogP contribution is 2.18. The van der Waals surface area contributed by atoms with E-state index in [1.54, 1.807) is 34.8 Å². The monoisotopic (exact) mass is 384 g/mol. The Labute approximate surface area is 161 Å². The van der Waals surface area contributed by atoms with Gasteiger partial charge in [0.15, 0.2) is 0 Å². The van der Waals surface area contributed by atoms with Crippen molar-refractivity contribution in [3.05, 3.63) is 74.4 Å². The van der Waals surface area contributed by atoms with Gasteiger partial charge in [-0.3, -0.25) is 4.79 Å². The third-order valence-corrected chi connectivity index (χ3v) is 5.57. The number of benzene rings is 1. The summed E-state index contributed by atoms with van der Waals surface area (Å²) in [7, 11) is 0. The predicted molar refractivity (Wildman–Crippen MR) is 108 cm³/mol. The van der Waals surface area contributed by atoms with Gasteiger partial charge in [0, 0.05) is 16.3 Å². The number of nitrogens with zero attached hydrogens (tertiary/aromatic N) is 1. The molecule has 1 amide bonds. The minimum atomic E-state index is -0.106. The van der Waals surface area contributed by atoms with E-state index in [2.05, 4.69) is 10.3 Å². The maximum atomic E-state index is 12.0. The normalized spacial score (nSPS) is 12.2. The van der Waals surface area contributed by atoms with Gasteiger partial charge in [-0.2, -0.15) is 0 Å². The molecule has 0 bridgehead atoms. The van der Waals surface area contributed by atoms with Crippen LogP contribution in [0.4, 0.5) is 0 Å². The second kappa shape index (κ2) is 8.78. The fourth-order valence-electron chi connectivity index (χ4n) is 2.35. The van der Waals surface area contributed by atoms with Crippen LogP contribution in [0.3, 0.4) is 0 Å². The molecule has 3 rings (SSSR count). The molecule has 1 unspecified atom stereocenters. The lowest BCUT2D eigenvalue weighted by Crippen LogP contribution is -2.23. The molecule has 0 saturated carbocycles. The van der Waals surface area contributed by atoms with Crippen LogP contribution in [0.2, 0.25) is 0 Å². The lowest BCUT2D eigenvalue weighted by atomic mass is 10.2. The molecule has 0 fully saturated rings. The number of nitrogens with one attached hydrogen (secondary N) is 1. The summed E-state index contributed by atoms with van der Waals surface area (Å²) in [5, 5.41) is 8.01. The summed E-state index contributed by atoms with van der Waals surface area (Å²) < 4.78 is 5.72. The lowest BCUT2D eigenvalue weighted by Gasteiger charge is -2.09. The van der Waals surface area contributed by atoms with Gasteiger partial charge in [-0.1, -0.05) is 18.2 Å². The molecule has 0 spiro atoms. The molecule has 0 aliphatic heterocycles. The number of thiazole rings is 1. The SMILES string of the molecule is Cc1nc(COc2ccc(/C=C/C(=O)NC(C)c3cccs3)cc2)cs1. The van der Waals surface area contributed by atoms with Crippen molar-refractivity contribution in [1.82, 2.24) is 10.3 Å². The number of carbonyl (C=O) groups excluding carboxylic acids is 1. The molecule has 4 nitrogen and oxygen atoms in total. The molecular weight excluding hydrogens is 364 g/mol. The number of hydrogen-bond acceptors (Lipinski definition) is 5.